The zero-order chi connectivity index (χ0) is 13.5. The van der Waals surface area contributed by atoms with E-state index in [2.05, 4.69) is 50.4 Å². The molecule has 18 heavy (non-hydrogen) atoms. The van der Waals surface area contributed by atoms with Gasteiger partial charge in [0.2, 0.25) is 0 Å². The Morgan fingerprint density at radius 1 is 1.11 bits per heavy atom. The molecule has 0 bridgehead atoms. The second kappa shape index (κ2) is 7.70. The molecule has 0 amide bonds. The molecule has 2 nitrogen and oxygen atoms in total. The fourth-order valence-corrected chi connectivity index (χ4v) is 2.46. The Bertz CT molecular complexity index is 373. The Balaban J connectivity index is 2.46. The molecule has 0 aliphatic heterocycles. The van der Waals surface area contributed by atoms with Gasteiger partial charge in [0, 0.05) is 34.9 Å². The minimum Gasteiger partial charge on any atom is -0.309 e. The summed E-state index contributed by atoms with van der Waals surface area (Å²) in [4.78, 5) is 0. The van der Waals surface area contributed by atoms with Crippen molar-refractivity contribution in [3.05, 3.63) is 35.4 Å². The zero-order valence-electron chi connectivity index (χ0n) is 11.9. The monoisotopic (exact) mass is 267 g/mol. The highest BCUT2D eigenvalue weighted by atomic mass is 32.2. The summed E-state index contributed by atoms with van der Waals surface area (Å²) in [5.74, 6) is 2.07. The van der Waals surface area contributed by atoms with Gasteiger partial charge in [-0.3, -0.25) is 4.21 Å². The first-order chi connectivity index (χ1) is 8.54. The van der Waals surface area contributed by atoms with Gasteiger partial charge < -0.3 is 5.32 Å². The molecule has 102 valence electrons. The number of nitrogens with one attached hydrogen (secondary N) is 1. The third-order valence-corrected chi connectivity index (χ3v) is 4.51. The van der Waals surface area contributed by atoms with Crippen molar-refractivity contribution in [3.63, 3.8) is 0 Å². The van der Waals surface area contributed by atoms with Crippen LogP contribution in [-0.2, 0) is 10.8 Å². The van der Waals surface area contributed by atoms with Gasteiger partial charge in [0.15, 0.2) is 0 Å². The standard InChI is InChI=1S/C15H25NOS/c1-5-18(17)11-10-16-13(4)15-8-6-14(7-9-15)12(2)3/h6-9,12-13,16H,5,10-11H2,1-4H3. The maximum atomic E-state index is 11.3. The zero-order valence-corrected chi connectivity index (χ0v) is 12.7. The average Bonchev–Trinajstić information content (AvgIpc) is 2.38. The van der Waals surface area contributed by atoms with Gasteiger partial charge in [-0.2, -0.15) is 0 Å². The summed E-state index contributed by atoms with van der Waals surface area (Å²) < 4.78 is 11.3. The molecule has 0 aliphatic rings. The predicted molar refractivity (Wildman–Crippen MR) is 80.5 cm³/mol. The highest BCUT2D eigenvalue weighted by molar-refractivity contribution is 7.84. The molecule has 2 atom stereocenters. The van der Waals surface area contributed by atoms with E-state index >= 15 is 0 Å². The molecule has 0 heterocycles. The summed E-state index contributed by atoms with van der Waals surface area (Å²) in [6.07, 6.45) is 0. The molecular weight excluding hydrogens is 242 g/mol. The fourth-order valence-electron chi connectivity index (χ4n) is 1.82. The molecule has 1 rings (SSSR count). The van der Waals surface area contributed by atoms with Crippen molar-refractivity contribution in [2.75, 3.05) is 18.1 Å². The summed E-state index contributed by atoms with van der Waals surface area (Å²) >= 11 is 0. The van der Waals surface area contributed by atoms with Crippen molar-refractivity contribution < 1.29 is 4.21 Å². The quantitative estimate of drug-likeness (QED) is 0.822. The van der Waals surface area contributed by atoms with Crippen LogP contribution in [0.1, 0.15) is 50.8 Å². The third-order valence-electron chi connectivity index (χ3n) is 3.21. The van der Waals surface area contributed by atoms with E-state index in [0.29, 0.717) is 12.0 Å². The molecule has 2 unspecified atom stereocenters. The topological polar surface area (TPSA) is 29.1 Å². The van der Waals surface area contributed by atoms with Gasteiger partial charge in [0.05, 0.1) is 0 Å². The van der Waals surface area contributed by atoms with Crippen LogP contribution in [0, 0.1) is 0 Å². The number of benzene rings is 1. The molecule has 0 saturated carbocycles. The van der Waals surface area contributed by atoms with E-state index in [9.17, 15) is 4.21 Å². The lowest BCUT2D eigenvalue weighted by atomic mass is 10.00. The fraction of sp³-hybridized carbons (Fsp3) is 0.600. The predicted octanol–water partition coefficient (Wildman–Crippen LogP) is 3.23. The maximum absolute atomic E-state index is 11.3. The lowest BCUT2D eigenvalue weighted by Crippen LogP contribution is -2.24. The largest absolute Gasteiger partial charge is 0.309 e. The summed E-state index contributed by atoms with van der Waals surface area (Å²) in [7, 11) is -0.672. The van der Waals surface area contributed by atoms with E-state index in [1.807, 2.05) is 6.92 Å². The van der Waals surface area contributed by atoms with Crippen LogP contribution in [0.5, 0.6) is 0 Å². The lowest BCUT2D eigenvalue weighted by molar-refractivity contribution is 0.596. The minimum atomic E-state index is -0.672. The highest BCUT2D eigenvalue weighted by Gasteiger charge is 2.06. The Kier molecular flexibility index (Phi) is 6.58. The van der Waals surface area contributed by atoms with Gasteiger partial charge in [-0.15, -0.1) is 0 Å². The van der Waals surface area contributed by atoms with Crippen LogP contribution in [0.4, 0.5) is 0 Å². The summed E-state index contributed by atoms with van der Waals surface area (Å²) in [5.41, 5.74) is 2.67. The third kappa shape index (κ3) is 4.91. The van der Waals surface area contributed by atoms with E-state index in [4.69, 9.17) is 0 Å². The van der Waals surface area contributed by atoms with Crippen LogP contribution in [0.25, 0.3) is 0 Å². The van der Waals surface area contributed by atoms with Gasteiger partial charge >= 0.3 is 0 Å². The molecule has 1 N–H and O–H groups in total. The summed E-state index contributed by atoms with van der Waals surface area (Å²) in [5, 5.41) is 3.42. The maximum Gasteiger partial charge on any atom is 0.0360 e. The lowest BCUT2D eigenvalue weighted by Gasteiger charge is -2.15. The van der Waals surface area contributed by atoms with Crippen molar-refractivity contribution in [3.8, 4) is 0 Å². The Morgan fingerprint density at radius 2 is 1.67 bits per heavy atom. The Hall–Kier alpha value is -0.670. The number of rotatable bonds is 7. The van der Waals surface area contributed by atoms with Gasteiger partial charge in [-0.25, -0.2) is 0 Å². The normalized spacial score (nSPS) is 14.7. The van der Waals surface area contributed by atoms with Crippen molar-refractivity contribution in [2.24, 2.45) is 0 Å². The molecule has 0 spiro atoms. The first-order valence-corrected chi connectivity index (χ1v) is 8.21. The Labute approximate surface area is 114 Å². The highest BCUT2D eigenvalue weighted by Crippen LogP contribution is 2.18. The van der Waals surface area contributed by atoms with Crippen LogP contribution >= 0.6 is 0 Å². The van der Waals surface area contributed by atoms with Crippen LogP contribution in [0.15, 0.2) is 24.3 Å². The molecule has 3 heteroatoms. The van der Waals surface area contributed by atoms with Crippen LogP contribution in [0.3, 0.4) is 0 Å². The van der Waals surface area contributed by atoms with E-state index in [1.54, 1.807) is 0 Å². The van der Waals surface area contributed by atoms with Crippen LogP contribution < -0.4 is 5.32 Å². The summed E-state index contributed by atoms with van der Waals surface area (Å²) in [6.45, 7) is 9.34. The minimum absolute atomic E-state index is 0.320. The molecule has 0 aliphatic carbocycles. The van der Waals surface area contributed by atoms with Crippen molar-refractivity contribution in [1.82, 2.24) is 5.32 Å². The molecule has 1 aromatic rings. The molecule has 0 fully saturated rings. The second-order valence-electron chi connectivity index (χ2n) is 4.93. The Morgan fingerprint density at radius 3 is 2.17 bits per heavy atom. The van der Waals surface area contributed by atoms with Gasteiger partial charge in [0.1, 0.15) is 0 Å². The van der Waals surface area contributed by atoms with Gasteiger partial charge in [-0.05, 0) is 24.0 Å². The van der Waals surface area contributed by atoms with E-state index in [0.717, 1.165) is 18.1 Å². The molecule has 0 radical (unpaired) electrons. The van der Waals surface area contributed by atoms with Gasteiger partial charge in [0.25, 0.3) is 0 Å². The van der Waals surface area contributed by atoms with Crippen molar-refractivity contribution in [2.45, 2.75) is 39.7 Å². The SMILES string of the molecule is CCS(=O)CCNC(C)c1ccc(C(C)C)cc1. The molecule has 1 aromatic carbocycles. The molecule has 0 aromatic heterocycles. The van der Waals surface area contributed by atoms with E-state index < -0.39 is 10.8 Å². The first kappa shape index (κ1) is 15.4. The van der Waals surface area contributed by atoms with Crippen LogP contribution in [-0.4, -0.2) is 22.3 Å². The van der Waals surface area contributed by atoms with Crippen LogP contribution in [0.2, 0.25) is 0 Å². The first-order valence-electron chi connectivity index (χ1n) is 6.72. The van der Waals surface area contributed by atoms with Crippen molar-refractivity contribution in [1.29, 1.82) is 0 Å². The van der Waals surface area contributed by atoms with E-state index in [-0.39, 0.29) is 0 Å². The van der Waals surface area contributed by atoms with Crippen molar-refractivity contribution >= 4 is 10.8 Å². The number of hydrogen-bond acceptors (Lipinski definition) is 2. The second-order valence-corrected chi connectivity index (χ2v) is 6.80. The number of hydrogen-bond donors (Lipinski definition) is 1. The summed E-state index contributed by atoms with van der Waals surface area (Å²) in [6, 6.07) is 9.08. The van der Waals surface area contributed by atoms with E-state index in [1.165, 1.54) is 11.1 Å². The molecule has 0 saturated heterocycles. The average molecular weight is 267 g/mol. The molecular formula is C15H25NOS. The smallest absolute Gasteiger partial charge is 0.0360 e. The van der Waals surface area contributed by atoms with Gasteiger partial charge in [-0.1, -0.05) is 45.0 Å².